The van der Waals surface area contributed by atoms with Gasteiger partial charge in [0.15, 0.2) is 6.61 Å². The molecule has 1 aliphatic heterocycles. The molecule has 0 radical (unpaired) electrons. The Morgan fingerprint density at radius 3 is 2.97 bits per heavy atom. The minimum atomic E-state index is -0.554. The number of benzene rings is 1. The number of nitrogens with zero attached hydrogens (tertiary/aromatic N) is 5. The summed E-state index contributed by atoms with van der Waals surface area (Å²) in [5, 5.41) is 32.4. The van der Waals surface area contributed by atoms with Gasteiger partial charge in [-0.1, -0.05) is 12.1 Å². The molecule has 12 heteroatoms. The number of amides is 3. The molecule has 1 aromatic carbocycles. The average molecular weight is 451 g/mol. The Morgan fingerprint density at radius 1 is 1.42 bits per heavy atom. The van der Waals surface area contributed by atoms with Crippen LogP contribution in [0.15, 0.2) is 24.4 Å². The molecular formula is C21H21N7O5. The summed E-state index contributed by atoms with van der Waals surface area (Å²) in [7, 11) is 1.71. The summed E-state index contributed by atoms with van der Waals surface area (Å²) in [6.45, 7) is -0.438. The van der Waals surface area contributed by atoms with Gasteiger partial charge in [-0.05, 0) is 12.5 Å². The topological polar surface area (TPSA) is 164 Å². The number of ether oxygens (including phenoxy) is 1. The Hall–Kier alpha value is -4.24. The number of para-hydroxylation sites is 1. The normalized spacial score (nSPS) is 15.8. The number of imide groups is 1. The van der Waals surface area contributed by atoms with E-state index in [0.717, 1.165) is 0 Å². The van der Waals surface area contributed by atoms with Crippen LogP contribution in [0, 0.1) is 11.3 Å². The van der Waals surface area contributed by atoms with Gasteiger partial charge < -0.3 is 15.2 Å². The number of aromatic nitrogens is 4. The summed E-state index contributed by atoms with van der Waals surface area (Å²) in [4.78, 5) is 36.3. The number of nitriles is 1. The van der Waals surface area contributed by atoms with Crippen molar-refractivity contribution < 1.29 is 24.2 Å². The number of fused-ring (bicyclic) bond motifs is 1. The predicted octanol–water partition coefficient (Wildman–Crippen LogP) is 0.171. The van der Waals surface area contributed by atoms with Gasteiger partial charge in [0.2, 0.25) is 11.8 Å². The van der Waals surface area contributed by atoms with E-state index >= 15 is 0 Å². The molecule has 1 fully saturated rings. The molecule has 4 rings (SSSR count). The summed E-state index contributed by atoms with van der Waals surface area (Å²) in [5.41, 5.74) is 1.31. The molecule has 0 bridgehead atoms. The standard InChI is InChI=1S/C21H21N7O5/c1-27-19-13(18(26-27)14-5-6-16(30)25-21(14)32)3-2-4-15(19)33-11-17(31)24-20-12(9-22)10-23-28(20)7-8-29/h2-4,10,14,29H,5-8,11H2,1H3,(H,24,31)(H,25,30,32). The van der Waals surface area contributed by atoms with Crippen LogP contribution < -0.4 is 15.4 Å². The fourth-order valence-electron chi connectivity index (χ4n) is 3.83. The molecule has 1 aliphatic rings. The number of anilines is 1. The monoisotopic (exact) mass is 451 g/mol. The molecule has 0 saturated carbocycles. The van der Waals surface area contributed by atoms with E-state index in [1.165, 1.54) is 10.9 Å². The first-order valence-corrected chi connectivity index (χ1v) is 10.2. The zero-order chi connectivity index (χ0) is 23.5. The fourth-order valence-corrected chi connectivity index (χ4v) is 3.83. The van der Waals surface area contributed by atoms with Crippen LogP contribution in [0.3, 0.4) is 0 Å². The molecule has 3 amide bonds. The molecule has 3 aromatic rings. The van der Waals surface area contributed by atoms with Crippen LogP contribution in [0.1, 0.15) is 30.0 Å². The number of aliphatic hydroxyl groups excluding tert-OH is 1. The lowest BCUT2D eigenvalue weighted by Crippen LogP contribution is -2.39. The first-order valence-electron chi connectivity index (χ1n) is 10.2. The summed E-state index contributed by atoms with van der Waals surface area (Å²) < 4.78 is 8.64. The lowest BCUT2D eigenvalue weighted by atomic mass is 9.93. The highest BCUT2D eigenvalue weighted by Gasteiger charge is 2.32. The van der Waals surface area contributed by atoms with E-state index in [9.17, 15) is 19.6 Å². The Balaban J connectivity index is 1.53. The van der Waals surface area contributed by atoms with Gasteiger partial charge in [-0.25, -0.2) is 4.68 Å². The van der Waals surface area contributed by atoms with Crippen molar-refractivity contribution in [3.05, 3.63) is 35.7 Å². The van der Waals surface area contributed by atoms with Gasteiger partial charge in [0.05, 0.1) is 31.0 Å². The number of nitrogens with one attached hydrogen (secondary N) is 2. The summed E-state index contributed by atoms with van der Waals surface area (Å²) in [6.07, 6.45) is 1.91. The second kappa shape index (κ2) is 9.09. The van der Waals surface area contributed by atoms with Crippen molar-refractivity contribution in [3.63, 3.8) is 0 Å². The van der Waals surface area contributed by atoms with Crippen LogP contribution in [-0.2, 0) is 28.0 Å². The van der Waals surface area contributed by atoms with Crippen molar-refractivity contribution in [3.8, 4) is 11.8 Å². The number of rotatable bonds is 7. The Labute approximate surface area is 187 Å². The number of aryl methyl sites for hydroxylation is 1. The van der Waals surface area contributed by atoms with Gasteiger partial charge in [0, 0.05) is 18.9 Å². The SMILES string of the molecule is Cn1nc(C2CCC(=O)NC2=O)c2cccc(OCC(=O)Nc3c(C#N)cnn3CCO)c21. The van der Waals surface area contributed by atoms with E-state index in [1.54, 1.807) is 29.9 Å². The maximum atomic E-state index is 12.5. The molecule has 1 unspecified atom stereocenters. The Kier molecular flexibility index (Phi) is 6.05. The maximum Gasteiger partial charge on any atom is 0.263 e. The largest absolute Gasteiger partial charge is 0.481 e. The Bertz CT molecular complexity index is 1290. The van der Waals surface area contributed by atoms with Gasteiger partial charge in [0.1, 0.15) is 28.7 Å². The molecule has 170 valence electrons. The van der Waals surface area contributed by atoms with E-state index in [-0.39, 0.29) is 49.4 Å². The van der Waals surface area contributed by atoms with Gasteiger partial charge in [-0.2, -0.15) is 15.5 Å². The van der Waals surface area contributed by atoms with Crippen molar-refractivity contribution in [1.29, 1.82) is 5.26 Å². The quantitative estimate of drug-likeness (QED) is 0.428. The minimum absolute atomic E-state index is 0.121. The molecule has 33 heavy (non-hydrogen) atoms. The second-order valence-corrected chi connectivity index (χ2v) is 7.47. The zero-order valence-electron chi connectivity index (χ0n) is 17.7. The lowest BCUT2D eigenvalue weighted by Gasteiger charge is -2.19. The fraction of sp³-hybridized carbons (Fsp3) is 0.333. The number of hydrogen-bond acceptors (Lipinski definition) is 8. The summed E-state index contributed by atoms with van der Waals surface area (Å²) >= 11 is 0. The van der Waals surface area contributed by atoms with Crippen molar-refractivity contribution in [2.75, 3.05) is 18.5 Å². The molecule has 12 nitrogen and oxygen atoms in total. The van der Waals surface area contributed by atoms with Crippen LogP contribution >= 0.6 is 0 Å². The van der Waals surface area contributed by atoms with Gasteiger partial charge in [0.25, 0.3) is 5.91 Å². The summed E-state index contributed by atoms with van der Waals surface area (Å²) in [6, 6.07) is 7.16. The second-order valence-electron chi connectivity index (χ2n) is 7.47. The van der Waals surface area contributed by atoms with E-state index in [4.69, 9.17) is 9.84 Å². The molecule has 3 heterocycles. The minimum Gasteiger partial charge on any atom is -0.481 e. The van der Waals surface area contributed by atoms with Gasteiger partial charge in [-0.3, -0.25) is 24.4 Å². The van der Waals surface area contributed by atoms with E-state index < -0.39 is 11.8 Å². The molecule has 1 saturated heterocycles. The first-order chi connectivity index (χ1) is 15.9. The zero-order valence-corrected chi connectivity index (χ0v) is 17.7. The molecule has 2 aromatic heterocycles. The highest BCUT2D eigenvalue weighted by atomic mass is 16.5. The van der Waals surface area contributed by atoms with Crippen LogP contribution in [0.25, 0.3) is 10.9 Å². The van der Waals surface area contributed by atoms with Gasteiger partial charge >= 0.3 is 0 Å². The van der Waals surface area contributed by atoms with E-state index in [2.05, 4.69) is 20.8 Å². The van der Waals surface area contributed by atoms with Crippen molar-refractivity contribution in [2.45, 2.75) is 25.3 Å². The first kappa shape index (κ1) is 22.0. The highest BCUT2D eigenvalue weighted by Crippen LogP contribution is 2.34. The number of hydrogen-bond donors (Lipinski definition) is 3. The highest BCUT2D eigenvalue weighted by molar-refractivity contribution is 6.03. The number of carbonyl (C=O) groups is 3. The average Bonchev–Trinajstić information content (AvgIpc) is 3.33. The van der Waals surface area contributed by atoms with Crippen LogP contribution in [-0.4, -0.2) is 55.6 Å². The van der Waals surface area contributed by atoms with E-state index in [0.29, 0.717) is 28.8 Å². The third-order valence-electron chi connectivity index (χ3n) is 5.31. The van der Waals surface area contributed by atoms with Crippen molar-refractivity contribution in [1.82, 2.24) is 24.9 Å². The lowest BCUT2D eigenvalue weighted by molar-refractivity contribution is -0.134. The van der Waals surface area contributed by atoms with Crippen LogP contribution in [0.5, 0.6) is 5.75 Å². The molecule has 1 atom stereocenters. The molecule has 0 aliphatic carbocycles. The molecule has 0 spiro atoms. The van der Waals surface area contributed by atoms with E-state index in [1.807, 2.05) is 6.07 Å². The Morgan fingerprint density at radius 2 is 2.24 bits per heavy atom. The predicted molar refractivity (Wildman–Crippen MR) is 114 cm³/mol. The third kappa shape index (κ3) is 4.26. The smallest absolute Gasteiger partial charge is 0.263 e. The third-order valence-corrected chi connectivity index (χ3v) is 5.31. The van der Waals surface area contributed by atoms with Crippen LogP contribution in [0.4, 0.5) is 5.82 Å². The van der Waals surface area contributed by atoms with Crippen molar-refractivity contribution in [2.24, 2.45) is 7.05 Å². The van der Waals surface area contributed by atoms with Crippen LogP contribution in [0.2, 0.25) is 0 Å². The van der Waals surface area contributed by atoms with Gasteiger partial charge in [-0.15, -0.1) is 0 Å². The number of carbonyl (C=O) groups excluding carboxylic acids is 3. The number of piperidine rings is 1. The molecule has 3 N–H and O–H groups in total. The summed E-state index contributed by atoms with van der Waals surface area (Å²) in [5.74, 6) is -1.19. The molecular weight excluding hydrogens is 430 g/mol. The van der Waals surface area contributed by atoms with Crippen molar-refractivity contribution >= 4 is 34.4 Å². The number of aliphatic hydroxyl groups is 1. The maximum absolute atomic E-state index is 12.5.